The van der Waals surface area contributed by atoms with Gasteiger partial charge in [-0.3, -0.25) is 28.9 Å². The van der Waals surface area contributed by atoms with Gasteiger partial charge in [-0.1, -0.05) is 67.9 Å². The number of nitrogens with one attached hydrogen (secondary N) is 4. The molecule has 16 heteroatoms. The van der Waals surface area contributed by atoms with E-state index in [-0.39, 0.29) is 74.8 Å². The Labute approximate surface area is 314 Å². The number of likely N-dealkylation sites (tertiary alicyclic amines) is 1. The molecule has 0 aliphatic carbocycles. The van der Waals surface area contributed by atoms with Gasteiger partial charge in [-0.05, 0) is 54.9 Å². The molecule has 1 aliphatic heterocycles. The molecule has 0 saturated carbocycles. The van der Waals surface area contributed by atoms with Crippen LogP contribution in [0.5, 0.6) is 0 Å². The van der Waals surface area contributed by atoms with Gasteiger partial charge in [0.05, 0.1) is 18.8 Å². The van der Waals surface area contributed by atoms with Crippen LogP contribution in [0.15, 0.2) is 60.8 Å². The van der Waals surface area contributed by atoms with Crippen molar-refractivity contribution in [1.82, 2.24) is 35.8 Å². The number of imide groups is 1. The van der Waals surface area contributed by atoms with Gasteiger partial charge >= 0.3 is 6.03 Å². The molecule has 7 N–H and O–H groups in total. The molecule has 2 aromatic carbocycles. The average Bonchev–Trinajstić information content (AvgIpc) is 3.76. The Kier molecular flexibility index (Phi) is 15.7. The lowest BCUT2D eigenvalue weighted by Crippen LogP contribution is -2.49. The maximum atomic E-state index is 13.9. The number of aromatic nitrogens is 3. The van der Waals surface area contributed by atoms with E-state index in [9.17, 15) is 33.9 Å². The summed E-state index contributed by atoms with van der Waals surface area (Å²) < 4.78 is 1.43. The highest BCUT2D eigenvalue weighted by Crippen LogP contribution is 2.24. The molecule has 1 aromatic heterocycles. The average molecular weight is 746 g/mol. The fourth-order valence-electron chi connectivity index (χ4n) is 6.16. The number of carbonyl (C=O) groups is 6. The molecule has 1 aliphatic rings. The zero-order valence-corrected chi connectivity index (χ0v) is 30.8. The van der Waals surface area contributed by atoms with Crippen LogP contribution >= 0.6 is 0 Å². The molecule has 0 radical (unpaired) electrons. The number of urea groups is 1. The van der Waals surface area contributed by atoms with E-state index in [1.54, 1.807) is 30.5 Å². The third-order valence-corrected chi connectivity index (χ3v) is 9.17. The van der Waals surface area contributed by atoms with Gasteiger partial charge in [0.15, 0.2) is 0 Å². The highest BCUT2D eigenvalue weighted by Gasteiger charge is 2.30. The molecule has 54 heavy (non-hydrogen) atoms. The first-order chi connectivity index (χ1) is 25.9. The number of aliphatic hydroxyl groups excluding tert-OH is 1. The zero-order chi connectivity index (χ0) is 39.0. The first kappa shape index (κ1) is 41.1. The summed E-state index contributed by atoms with van der Waals surface area (Å²) in [5.41, 5.74) is 7.69. The number of anilines is 1. The van der Waals surface area contributed by atoms with Gasteiger partial charge in [0.2, 0.25) is 29.5 Å². The van der Waals surface area contributed by atoms with Gasteiger partial charge in [0.1, 0.15) is 17.8 Å². The number of unbranched alkanes of at least 4 members (excludes halogenated alkanes) is 2. The summed E-state index contributed by atoms with van der Waals surface area (Å²) >= 11 is 0. The summed E-state index contributed by atoms with van der Waals surface area (Å²) in [5.74, 6) is -1.55. The SMILES string of the molecule is CC(C)[C@H](NC(=O)[C@H](Cc1ccccc1)NC(=O)CCCCCN1C(=O)CCC1=O)c1cn([C@@H](CCCNC(N)=O)C(=O)Nc2ccc(CO)cc2)nn1. The molecule has 7 amide bonds. The molecule has 1 fully saturated rings. The highest BCUT2D eigenvalue weighted by molar-refractivity contribution is 6.01. The Balaban J connectivity index is 1.43. The van der Waals surface area contributed by atoms with Crippen molar-refractivity contribution in [3.63, 3.8) is 0 Å². The summed E-state index contributed by atoms with van der Waals surface area (Å²) in [7, 11) is 0. The number of amides is 7. The van der Waals surface area contributed by atoms with Crippen LogP contribution in [-0.4, -0.2) is 79.7 Å². The summed E-state index contributed by atoms with van der Waals surface area (Å²) in [4.78, 5) is 76.8. The molecule has 3 atom stereocenters. The number of hydrogen-bond acceptors (Lipinski definition) is 9. The molecule has 0 spiro atoms. The van der Waals surface area contributed by atoms with Crippen LogP contribution in [0.2, 0.25) is 0 Å². The fraction of sp³-hybridized carbons (Fsp3) is 0.474. The van der Waals surface area contributed by atoms with E-state index in [1.165, 1.54) is 9.58 Å². The van der Waals surface area contributed by atoms with E-state index in [1.807, 2.05) is 44.2 Å². The Bertz CT molecular complexity index is 1710. The van der Waals surface area contributed by atoms with Crippen LogP contribution in [0.3, 0.4) is 0 Å². The Morgan fingerprint density at radius 2 is 1.57 bits per heavy atom. The highest BCUT2D eigenvalue weighted by atomic mass is 16.3. The number of aliphatic hydroxyl groups is 1. The van der Waals surface area contributed by atoms with Gasteiger partial charge in [-0.2, -0.15) is 0 Å². The molecule has 4 rings (SSSR count). The Hall–Kier alpha value is -5.64. The summed E-state index contributed by atoms with van der Waals surface area (Å²) in [6, 6.07) is 13.1. The smallest absolute Gasteiger partial charge is 0.312 e. The number of carbonyl (C=O) groups excluding carboxylic acids is 6. The lowest BCUT2D eigenvalue weighted by Gasteiger charge is -2.25. The quantitative estimate of drug-likeness (QED) is 0.0694. The number of primary amides is 1. The van der Waals surface area contributed by atoms with Crippen molar-refractivity contribution in [2.45, 2.75) is 96.4 Å². The molecule has 3 aromatic rings. The number of hydrogen-bond donors (Lipinski definition) is 6. The maximum Gasteiger partial charge on any atom is 0.312 e. The minimum atomic E-state index is -0.899. The van der Waals surface area contributed by atoms with Crippen LogP contribution in [-0.2, 0) is 37.0 Å². The molecular formula is C38H51N9O7. The van der Waals surface area contributed by atoms with Gasteiger partial charge in [-0.15, -0.1) is 5.10 Å². The van der Waals surface area contributed by atoms with Gasteiger partial charge in [0.25, 0.3) is 0 Å². The molecule has 290 valence electrons. The van der Waals surface area contributed by atoms with Gasteiger partial charge in [-0.25, -0.2) is 9.48 Å². The summed E-state index contributed by atoms with van der Waals surface area (Å²) in [6.07, 6.45) is 4.98. The van der Waals surface area contributed by atoms with Gasteiger partial charge < -0.3 is 32.1 Å². The van der Waals surface area contributed by atoms with E-state index < -0.39 is 30.1 Å². The van der Waals surface area contributed by atoms with E-state index in [4.69, 9.17) is 5.73 Å². The third kappa shape index (κ3) is 12.5. The van der Waals surface area contributed by atoms with Crippen LogP contribution in [0.4, 0.5) is 10.5 Å². The van der Waals surface area contributed by atoms with Crippen molar-refractivity contribution in [1.29, 1.82) is 0 Å². The van der Waals surface area contributed by atoms with Crippen LogP contribution < -0.4 is 27.0 Å². The Morgan fingerprint density at radius 1 is 0.870 bits per heavy atom. The van der Waals surface area contributed by atoms with Crippen LogP contribution in [0, 0.1) is 5.92 Å². The second kappa shape index (κ2) is 20.6. The monoisotopic (exact) mass is 745 g/mol. The standard InChI is InChI=1S/C38H51N9O7/c1-25(2)35(30-23-47(45-44-30)31(12-9-20-40-38(39)54)37(53)41-28-16-14-27(24-48)15-17-28)43-36(52)29(22-26-10-5-3-6-11-26)42-32(49)13-7-4-8-21-46-33(50)18-19-34(46)51/h3,5-6,10-11,14-17,23,25,29,31,35,48H,4,7-9,12-13,18-22,24H2,1-2H3,(H,41,53)(H,42,49)(H,43,52)(H3,39,40,54)/t29-,31-,35-/m0/s1. The molecular weight excluding hydrogens is 694 g/mol. The second-order valence-electron chi connectivity index (χ2n) is 13.7. The minimum absolute atomic E-state index is 0.132. The largest absolute Gasteiger partial charge is 0.392 e. The zero-order valence-electron chi connectivity index (χ0n) is 30.8. The predicted molar refractivity (Wildman–Crippen MR) is 199 cm³/mol. The molecule has 0 unspecified atom stereocenters. The van der Waals surface area contributed by atoms with Gasteiger partial charge in [0, 0.05) is 44.5 Å². The topological polar surface area (TPSA) is 231 Å². The van der Waals surface area contributed by atoms with Crippen molar-refractivity contribution >= 4 is 41.3 Å². The number of nitrogens with two attached hydrogens (primary N) is 1. The first-order valence-corrected chi connectivity index (χ1v) is 18.4. The molecule has 1 saturated heterocycles. The molecule has 0 bridgehead atoms. The van der Waals surface area contributed by atoms with E-state index in [2.05, 4.69) is 31.6 Å². The first-order valence-electron chi connectivity index (χ1n) is 18.4. The second-order valence-corrected chi connectivity index (χ2v) is 13.7. The number of nitrogens with zero attached hydrogens (tertiary/aromatic N) is 4. The predicted octanol–water partition coefficient (Wildman–Crippen LogP) is 2.65. The molecule has 2 heterocycles. The summed E-state index contributed by atoms with van der Waals surface area (Å²) in [5, 5.41) is 29.3. The van der Waals surface area contributed by atoms with Crippen molar-refractivity contribution in [2.24, 2.45) is 11.7 Å². The lowest BCUT2D eigenvalue weighted by molar-refractivity contribution is -0.138. The van der Waals surface area contributed by atoms with Crippen LogP contribution in [0.25, 0.3) is 0 Å². The van der Waals surface area contributed by atoms with E-state index in [0.717, 1.165) is 5.56 Å². The van der Waals surface area contributed by atoms with E-state index >= 15 is 0 Å². The van der Waals surface area contributed by atoms with Crippen molar-refractivity contribution < 1.29 is 33.9 Å². The molecule has 16 nitrogen and oxygen atoms in total. The van der Waals surface area contributed by atoms with Crippen molar-refractivity contribution in [3.05, 3.63) is 77.6 Å². The third-order valence-electron chi connectivity index (χ3n) is 9.17. The minimum Gasteiger partial charge on any atom is -0.392 e. The fourth-order valence-corrected chi connectivity index (χ4v) is 6.16. The number of rotatable bonds is 21. The van der Waals surface area contributed by atoms with Crippen molar-refractivity contribution in [3.8, 4) is 0 Å². The van der Waals surface area contributed by atoms with Crippen LogP contribution in [0.1, 0.15) is 94.1 Å². The van der Waals surface area contributed by atoms with E-state index in [0.29, 0.717) is 49.2 Å². The maximum absolute atomic E-state index is 13.9. The summed E-state index contributed by atoms with van der Waals surface area (Å²) in [6.45, 7) is 4.27. The Morgan fingerprint density at radius 3 is 2.22 bits per heavy atom. The normalized spacial score (nSPS) is 14.4. The lowest BCUT2D eigenvalue weighted by atomic mass is 9.99. The van der Waals surface area contributed by atoms with Crippen molar-refractivity contribution in [2.75, 3.05) is 18.4 Å². The number of benzene rings is 2.